The molecule has 1 amide bonds. The van der Waals surface area contributed by atoms with Gasteiger partial charge in [-0.1, -0.05) is 39.4 Å². The largest absolute Gasteiger partial charge is 0.325 e. The molecular weight excluding hydrogens is 523 g/mol. The number of thioether (sulfide) groups is 1. The number of benzene rings is 2. The van der Waals surface area contributed by atoms with E-state index in [-0.39, 0.29) is 29.1 Å². The molecule has 3 aliphatic rings. The quantitative estimate of drug-likeness (QED) is 0.431. The molecule has 6 rings (SSSR count). The Balaban J connectivity index is 1.36. The Bertz CT molecular complexity index is 1270. The smallest absolute Gasteiger partial charge is 0.308 e. The average Bonchev–Trinajstić information content (AvgIpc) is 3.49. The summed E-state index contributed by atoms with van der Waals surface area (Å²) in [4.78, 5) is 26.9. The molecule has 2 aliphatic carbocycles. The van der Waals surface area contributed by atoms with E-state index in [4.69, 9.17) is 0 Å². The third kappa shape index (κ3) is 3.80. The third-order valence-electron chi connectivity index (χ3n) is 7.35. The van der Waals surface area contributed by atoms with Crippen LogP contribution in [0.2, 0.25) is 0 Å². The fraction of sp³-hybridized carbons (Fsp3) is 0.360. The lowest BCUT2D eigenvalue weighted by Crippen LogP contribution is -2.34. The molecule has 1 aromatic heterocycles. The topological polar surface area (TPSA) is 51.1 Å². The van der Waals surface area contributed by atoms with E-state index < -0.39 is 0 Å². The van der Waals surface area contributed by atoms with Gasteiger partial charge in [-0.3, -0.25) is 14.2 Å². The standard InChI is InChI=1S/C25H22BrFN2O2S2/c26-16-5-3-13(4-6-16)20-21-14-1-2-15(11-14)22(21)32-24-23(20)33-25(31)29(24)12-19(30)28-18-9-7-17(27)8-10-18/h3-10,14-15,20-22H,1-2,11-12H2,(H,28,30)/t14-,15-,20-,21-,22+/m0/s1. The van der Waals surface area contributed by atoms with E-state index in [1.54, 1.807) is 4.57 Å². The summed E-state index contributed by atoms with van der Waals surface area (Å²) in [6.45, 7) is -0.0341. The zero-order valence-electron chi connectivity index (χ0n) is 17.7. The molecule has 1 aliphatic heterocycles. The van der Waals surface area contributed by atoms with E-state index in [2.05, 4.69) is 45.5 Å². The molecule has 2 heterocycles. The van der Waals surface area contributed by atoms with Crippen molar-refractivity contribution < 1.29 is 9.18 Å². The summed E-state index contributed by atoms with van der Waals surface area (Å²) in [5.41, 5.74) is 1.78. The fourth-order valence-corrected chi connectivity index (χ4v) is 9.42. The maximum atomic E-state index is 13.2. The number of carbonyl (C=O) groups excluding carboxylic acids is 1. The van der Waals surface area contributed by atoms with Crippen molar-refractivity contribution in [1.82, 2.24) is 4.57 Å². The Hall–Kier alpha value is -1.90. The van der Waals surface area contributed by atoms with Crippen LogP contribution in [-0.2, 0) is 11.3 Å². The highest BCUT2D eigenvalue weighted by Crippen LogP contribution is 2.64. The minimum absolute atomic E-state index is 0.0341. The fourth-order valence-electron chi connectivity index (χ4n) is 6.01. The Morgan fingerprint density at radius 3 is 2.58 bits per heavy atom. The van der Waals surface area contributed by atoms with E-state index in [0.29, 0.717) is 28.7 Å². The summed E-state index contributed by atoms with van der Waals surface area (Å²) < 4.78 is 15.9. The van der Waals surface area contributed by atoms with Gasteiger partial charge in [0.1, 0.15) is 12.4 Å². The summed E-state index contributed by atoms with van der Waals surface area (Å²) in [6.07, 6.45) is 3.82. The predicted molar refractivity (Wildman–Crippen MR) is 134 cm³/mol. The number of rotatable bonds is 4. The first kappa shape index (κ1) is 21.6. The third-order valence-corrected chi connectivity index (χ3v) is 10.7. The van der Waals surface area contributed by atoms with Crippen molar-refractivity contribution in [2.75, 3.05) is 5.32 Å². The van der Waals surface area contributed by atoms with Gasteiger partial charge in [0.15, 0.2) is 0 Å². The van der Waals surface area contributed by atoms with Gasteiger partial charge in [0.05, 0.1) is 5.03 Å². The Morgan fingerprint density at radius 1 is 1.09 bits per heavy atom. The van der Waals surface area contributed by atoms with Crippen LogP contribution >= 0.6 is 39.0 Å². The van der Waals surface area contributed by atoms with Gasteiger partial charge in [0, 0.05) is 26.2 Å². The second-order valence-electron chi connectivity index (χ2n) is 9.20. The van der Waals surface area contributed by atoms with Gasteiger partial charge < -0.3 is 5.32 Å². The van der Waals surface area contributed by atoms with Crippen LogP contribution in [-0.4, -0.2) is 15.7 Å². The highest BCUT2D eigenvalue weighted by Gasteiger charge is 2.55. The SMILES string of the molecule is O=C(Cn1c2c(sc1=O)[C@@H](c1ccc(Br)cc1)[C@@H]1[C@H]3CC[C@@H](C3)[C@H]1S2)Nc1ccc(F)cc1. The van der Waals surface area contributed by atoms with Crippen LogP contribution in [0.15, 0.2) is 62.8 Å². The number of carbonyl (C=O) groups is 1. The van der Waals surface area contributed by atoms with Crippen molar-refractivity contribution in [3.63, 3.8) is 0 Å². The maximum Gasteiger partial charge on any atom is 0.308 e. The number of fused-ring (bicyclic) bond motifs is 6. The molecule has 33 heavy (non-hydrogen) atoms. The summed E-state index contributed by atoms with van der Waals surface area (Å²) in [5.74, 6) is 1.51. The van der Waals surface area contributed by atoms with Crippen LogP contribution in [0, 0.1) is 23.6 Å². The zero-order chi connectivity index (χ0) is 22.7. The monoisotopic (exact) mass is 544 g/mol. The van der Waals surface area contributed by atoms with Crippen LogP contribution in [0.4, 0.5) is 10.1 Å². The minimum atomic E-state index is -0.355. The predicted octanol–water partition coefficient (Wildman–Crippen LogP) is 6.10. The summed E-state index contributed by atoms with van der Waals surface area (Å²) in [6, 6.07) is 14.2. The van der Waals surface area contributed by atoms with Crippen LogP contribution in [0.3, 0.4) is 0 Å². The lowest BCUT2D eigenvalue weighted by Gasteiger charge is -2.40. The van der Waals surface area contributed by atoms with Gasteiger partial charge >= 0.3 is 4.87 Å². The van der Waals surface area contributed by atoms with Crippen molar-refractivity contribution in [3.8, 4) is 0 Å². The molecular formula is C25H22BrFN2O2S2. The van der Waals surface area contributed by atoms with Crippen molar-refractivity contribution in [1.29, 1.82) is 0 Å². The maximum absolute atomic E-state index is 13.2. The number of nitrogens with zero attached hydrogens (tertiary/aromatic N) is 1. The van der Waals surface area contributed by atoms with Crippen LogP contribution in [0.5, 0.6) is 0 Å². The molecule has 2 aromatic carbocycles. The van der Waals surface area contributed by atoms with Gasteiger partial charge in [-0.15, -0.1) is 11.8 Å². The van der Waals surface area contributed by atoms with Gasteiger partial charge in [0.2, 0.25) is 5.91 Å². The number of anilines is 1. The van der Waals surface area contributed by atoms with E-state index in [9.17, 15) is 14.0 Å². The normalized spacial score (nSPS) is 27.3. The van der Waals surface area contributed by atoms with Crippen molar-refractivity contribution in [3.05, 3.63) is 78.9 Å². The molecule has 2 fully saturated rings. The highest BCUT2D eigenvalue weighted by molar-refractivity contribution is 9.10. The molecule has 170 valence electrons. The van der Waals surface area contributed by atoms with Gasteiger partial charge in [-0.2, -0.15) is 0 Å². The van der Waals surface area contributed by atoms with Crippen molar-refractivity contribution in [2.45, 2.75) is 42.0 Å². The molecule has 5 atom stereocenters. The van der Waals surface area contributed by atoms with E-state index in [1.165, 1.54) is 60.4 Å². The zero-order valence-corrected chi connectivity index (χ0v) is 20.9. The van der Waals surface area contributed by atoms with Crippen LogP contribution in [0.25, 0.3) is 0 Å². The molecule has 1 N–H and O–H groups in total. The Labute approximate surface area is 207 Å². The second kappa shape index (κ2) is 8.40. The summed E-state index contributed by atoms with van der Waals surface area (Å²) in [7, 11) is 0. The lowest BCUT2D eigenvalue weighted by molar-refractivity contribution is -0.116. The minimum Gasteiger partial charge on any atom is -0.325 e. The second-order valence-corrected chi connectivity index (χ2v) is 12.3. The number of hydrogen-bond donors (Lipinski definition) is 1. The van der Waals surface area contributed by atoms with Gasteiger partial charge in [-0.05, 0) is 79.0 Å². The van der Waals surface area contributed by atoms with E-state index in [1.807, 2.05) is 11.8 Å². The highest BCUT2D eigenvalue weighted by atomic mass is 79.9. The summed E-state index contributed by atoms with van der Waals surface area (Å²) >= 11 is 6.66. The van der Waals surface area contributed by atoms with Crippen molar-refractivity contribution >= 4 is 50.6 Å². The first-order valence-corrected chi connectivity index (χ1v) is 13.7. The first-order valence-electron chi connectivity index (χ1n) is 11.2. The number of thiazole rings is 1. The number of amides is 1. The number of aromatic nitrogens is 1. The van der Waals surface area contributed by atoms with E-state index >= 15 is 0 Å². The van der Waals surface area contributed by atoms with Crippen LogP contribution in [0.1, 0.15) is 35.6 Å². The van der Waals surface area contributed by atoms with Gasteiger partial charge in [0.25, 0.3) is 0 Å². The number of hydrogen-bond acceptors (Lipinski definition) is 4. The average molecular weight is 545 g/mol. The lowest BCUT2D eigenvalue weighted by atomic mass is 9.75. The van der Waals surface area contributed by atoms with Crippen LogP contribution < -0.4 is 10.2 Å². The summed E-state index contributed by atoms with van der Waals surface area (Å²) in [5, 5.41) is 4.24. The molecule has 4 nitrogen and oxygen atoms in total. The van der Waals surface area contributed by atoms with E-state index in [0.717, 1.165) is 14.4 Å². The number of halogens is 2. The van der Waals surface area contributed by atoms with Crippen molar-refractivity contribution in [2.24, 2.45) is 17.8 Å². The molecule has 2 saturated carbocycles. The molecule has 0 spiro atoms. The molecule has 2 bridgehead atoms. The number of nitrogens with one attached hydrogen (secondary N) is 1. The molecule has 0 saturated heterocycles. The Morgan fingerprint density at radius 2 is 1.82 bits per heavy atom. The molecule has 0 radical (unpaired) electrons. The Kier molecular flexibility index (Phi) is 5.50. The first-order chi connectivity index (χ1) is 16.0. The van der Waals surface area contributed by atoms with Gasteiger partial charge in [-0.25, -0.2) is 4.39 Å². The molecule has 0 unspecified atom stereocenters. The molecule has 3 aromatic rings. The molecule has 8 heteroatoms.